The van der Waals surface area contributed by atoms with E-state index in [1.54, 1.807) is 11.0 Å². The number of benzene rings is 2. The molecule has 2 heterocycles. The molecule has 1 fully saturated rings. The molecule has 3 N–H and O–H groups in total. The van der Waals surface area contributed by atoms with Crippen LogP contribution in [0, 0.1) is 20.8 Å². The van der Waals surface area contributed by atoms with Crippen molar-refractivity contribution in [2.75, 3.05) is 11.9 Å². The molecular weight excluding hydrogens is 440 g/mol. The van der Waals surface area contributed by atoms with Gasteiger partial charge in [-0.15, -0.1) is 10.2 Å². The molecule has 0 spiro atoms. The van der Waals surface area contributed by atoms with E-state index in [-0.39, 0.29) is 12.1 Å². The van der Waals surface area contributed by atoms with Gasteiger partial charge in [-0.05, 0) is 68.5 Å². The van der Waals surface area contributed by atoms with Crippen LogP contribution < -0.4 is 11.1 Å². The molecule has 3 amide bonds. The Bertz CT molecular complexity index is 1200. The van der Waals surface area contributed by atoms with Gasteiger partial charge in [0.05, 0.1) is 23.8 Å². The van der Waals surface area contributed by atoms with Gasteiger partial charge in [0.1, 0.15) is 5.82 Å². The molecule has 3 aromatic rings. The van der Waals surface area contributed by atoms with Crippen LogP contribution in [-0.4, -0.2) is 38.1 Å². The van der Waals surface area contributed by atoms with Gasteiger partial charge < -0.3 is 20.5 Å². The van der Waals surface area contributed by atoms with E-state index in [0.717, 1.165) is 41.2 Å². The van der Waals surface area contributed by atoms with Crippen molar-refractivity contribution in [3.8, 4) is 0 Å². The lowest BCUT2D eigenvalue weighted by Crippen LogP contribution is -2.36. The monoisotopic (exact) mass is 466 g/mol. The van der Waals surface area contributed by atoms with E-state index in [1.165, 1.54) is 0 Å². The molecule has 172 valence electrons. The van der Waals surface area contributed by atoms with Crippen molar-refractivity contribution >= 4 is 29.2 Å². The first-order valence-corrected chi connectivity index (χ1v) is 11.2. The van der Waals surface area contributed by atoms with Crippen LogP contribution in [0.25, 0.3) is 0 Å². The largest absolute Gasteiger partial charge is 0.366 e. The van der Waals surface area contributed by atoms with E-state index in [4.69, 9.17) is 17.3 Å². The zero-order chi connectivity index (χ0) is 23.7. The number of urea groups is 1. The summed E-state index contributed by atoms with van der Waals surface area (Å²) in [6.07, 6.45) is 1.63. The molecule has 0 unspecified atom stereocenters. The highest BCUT2D eigenvalue weighted by Gasteiger charge is 2.34. The fraction of sp³-hybridized carbons (Fsp3) is 0.333. The summed E-state index contributed by atoms with van der Waals surface area (Å²) in [5.74, 6) is 0.942. The van der Waals surface area contributed by atoms with Crippen molar-refractivity contribution in [2.24, 2.45) is 5.73 Å². The number of nitrogens with zero attached hydrogens (tertiary/aromatic N) is 4. The summed E-state index contributed by atoms with van der Waals surface area (Å²) in [5, 5.41) is 12.3. The third-order valence-electron chi connectivity index (χ3n) is 6.01. The van der Waals surface area contributed by atoms with Gasteiger partial charge in [-0.25, -0.2) is 4.79 Å². The number of aryl methyl sites for hydroxylation is 3. The smallest absolute Gasteiger partial charge is 0.322 e. The van der Waals surface area contributed by atoms with Crippen molar-refractivity contribution in [2.45, 2.75) is 46.2 Å². The summed E-state index contributed by atoms with van der Waals surface area (Å²) in [5.41, 5.74) is 9.08. The number of halogens is 1. The third kappa shape index (κ3) is 4.71. The lowest BCUT2D eigenvalue weighted by atomic mass is 10.0. The molecule has 9 heteroatoms. The van der Waals surface area contributed by atoms with Crippen LogP contribution in [0.15, 0.2) is 36.4 Å². The van der Waals surface area contributed by atoms with Crippen molar-refractivity contribution in [3.63, 3.8) is 0 Å². The second-order valence-corrected chi connectivity index (χ2v) is 8.90. The fourth-order valence-electron chi connectivity index (χ4n) is 4.40. The molecular formula is C24H27ClN6O2. The third-order valence-corrected chi connectivity index (χ3v) is 6.26. The number of hydrogen-bond donors (Lipinski definition) is 2. The van der Waals surface area contributed by atoms with Gasteiger partial charge in [-0.1, -0.05) is 29.8 Å². The van der Waals surface area contributed by atoms with E-state index < -0.39 is 5.91 Å². The van der Waals surface area contributed by atoms with Gasteiger partial charge in [-0.3, -0.25) is 4.79 Å². The van der Waals surface area contributed by atoms with Crippen molar-refractivity contribution in [3.05, 3.63) is 75.3 Å². The average molecular weight is 467 g/mol. The molecule has 0 aliphatic carbocycles. The molecule has 8 nitrogen and oxygen atoms in total. The Labute approximate surface area is 197 Å². The quantitative estimate of drug-likeness (QED) is 0.582. The molecule has 0 bridgehead atoms. The maximum Gasteiger partial charge on any atom is 0.322 e. The van der Waals surface area contributed by atoms with Crippen LogP contribution in [-0.2, 0) is 6.54 Å². The second-order valence-electron chi connectivity index (χ2n) is 8.47. The van der Waals surface area contributed by atoms with E-state index >= 15 is 0 Å². The zero-order valence-electron chi connectivity index (χ0n) is 18.9. The maximum absolute atomic E-state index is 13.3. The highest BCUT2D eigenvalue weighted by Crippen LogP contribution is 2.33. The first kappa shape index (κ1) is 22.8. The fourth-order valence-corrected chi connectivity index (χ4v) is 4.52. The SMILES string of the molecule is Cc1cc(C)c(NC(=O)N2CCC[C@@H]2c2nnc(C)n2Cc2ccc(Cl)cc2)c(C(N)=O)c1. The van der Waals surface area contributed by atoms with Crippen LogP contribution >= 0.6 is 11.6 Å². The Kier molecular flexibility index (Phi) is 6.37. The minimum absolute atomic E-state index is 0.221. The first-order valence-electron chi connectivity index (χ1n) is 10.9. The lowest BCUT2D eigenvalue weighted by Gasteiger charge is -2.26. The Morgan fingerprint density at radius 3 is 2.58 bits per heavy atom. The first-order chi connectivity index (χ1) is 15.7. The summed E-state index contributed by atoms with van der Waals surface area (Å²) in [6, 6.07) is 10.7. The highest BCUT2D eigenvalue weighted by molar-refractivity contribution is 6.30. The number of likely N-dealkylation sites (tertiary alicyclic amines) is 1. The number of carbonyl (C=O) groups excluding carboxylic acids is 2. The topological polar surface area (TPSA) is 106 Å². The zero-order valence-corrected chi connectivity index (χ0v) is 19.7. The molecule has 2 aromatic carbocycles. The average Bonchev–Trinajstić information content (AvgIpc) is 3.38. The van der Waals surface area contributed by atoms with Gasteiger partial charge in [0.25, 0.3) is 5.91 Å². The minimum Gasteiger partial charge on any atom is -0.366 e. The van der Waals surface area contributed by atoms with Crippen LogP contribution in [0.1, 0.15) is 57.6 Å². The van der Waals surface area contributed by atoms with Crippen LogP contribution in [0.2, 0.25) is 5.02 Å². The number of amides is 3. The Morgan fingerprint density at radius 1 is 1.15 bits per heavy atom. The number of anilines is 1. The molecule has 1 aliphatic rings. The number of aromatic nitrogens is 3. The summed E-state index contributed by atoms with van der Waals surface area (Å²) in [7, 11) is 0. The van der Waals surface area contributed by atoms with E-state index in [0.29, 0.717) is 29.4 Å². The highest BCUT2D eigenvalue weighted by atomic mass is 35.5. The number of hydrogen-bond acceptors (Lipinski definition) is 4. The summed E-state index contributed by atoms with van der Waals surface area (Å²) in [6.45, 7) is 6.81. The minimum atomic E-state index is -0.576. The van der Waals surface area contributed by atoms with Crippen LogP contribution in [0.4, 0.5) is 10.5 Å². The number of nitrogens with one attached hydrogen (secondary N) is 1. The summed E-state index contributed by atoms with van der Waals surface area (Å²) >= 11 is 6.02. The Morgan fingerprint density at radius 2 is 1.88 bits per heavy atom. The van der Waals surface area contributed by atoms with E-state index in [2.05, 4.69) is 15.5 Å². The molecule has 0 saturated carbocycles. The van der Waals surface area contributed by atoms with Crippen LogP contribution in [0.5, 0.6) is 0 Å². The lowest BCUT2D eigenvalue weighted by molar-refractivity contribution is 0.100. The summed E-state index contributed by atoms with van der Waals surface area (Å²) in [4.78, 5) is 27.1. The molecule has 4 rings (SSSR count). The molecule has 1 atom stereocenters. The van der Waals surface area contributed by atoms with E-state index in [1.807, 2.05) is 55.7 Å². The molecule has 0 radical (unpaired) electrons. The molecule has 33 heavy (non-hydrogen) atoms. The van der Waals surface area contributed by atoms with Crippen molar-refractivity contribution < 1.29 is 9.59 Å². The van der Waals surface area contributed by atoms with Crippen molar-refractivity contribution in [1.82, 2.24) is 19.7 Å². The number of primary amides is 1. The van der Waals surface area contributed by atoms with Gasteiger partial charge in [0.15, 0.2) is 5.82 Å². The molecule has 1 saturated heterocycles. The van der Waals surface area contributed by atoms with Gasteiger partial charge >= 0.3 is 6.03 Å². The Hall–Kier alpha value is -3.39. The predicted octanol–water partition coefficient (Wildman–Crippen LogP) is 4.37. The second kappa shape index (κ2) is 9.23. The number of nitrogens with two attached hydrogens (primary N) is 1. The van der Waals surface area contributed by atoms with E-state index in [9.17, 15) is 9.59 Å². The van der Waals surface area contributed by atoms with Crippen molar-refractivity contribution in [1.29, 1.82) is 0 Å². The summed E-state index contributed by atoms with van der Waals surface area (Å²) < 4.78 is 2.03. The van der Waals surface area contributed by atoms with Gasteiger partial charge in [-0.2, -0.15) is 0 Å². The maximum atomic E-state index is 13.3. The molecule has 1 aromatic heterocycles. The number of rotatable bonds is 5. The normalized spacial score (nSPS) is 15.6. The van der Waals surface area contributed by atoms with Gasteiger partial charge in [0, 0.05) is 11.6 Å². The Balaban J connectivity index is 1.60. The predicted molar refractivity (Wildman–Crippen MR) is 127 cm³/mol. The van der Waals surface area contributed by atoms with Crippen LogP contribution in [0.3, 0.4) is 0 Å². The number of carbonyl (C=O) groups is 2. The standard InChI is InChI=1S/C24H27ClN6O2/c1-14-11-15(2)21(19(12-14)22(26)32)27-24(33)30-10-4-5-20(30)23-29-28-16(3)31(23)13-17-6-8-18(25)9-7-17/h6-9,11-12,20H,4-5,10,13H2,1-3H3,(H2,26,32)(H,27,33)/t20-/m1/s1. The molecule has 1 aliphatic heterocycles. The van der Waals surface area contributed by atoms with Gasteiger partial charge in [0.2, 0.25) is 0 Å².